The lowest BCUT2D eigenvalue weighted by molar-refractivity contribution is 0.0715. The summed E-state index contributed by atoms with van der Waals surface area (Å²) in [4.78, 5) is 0. The molecule has 1 atom stereocenters. The second kappa shape index (κ2) is 4.91. The van der Waals surface area contributed by atoms with Crippen molar-refractivity contribution in [2.75, 3.05) is 6.73 Å². The van der Waals surface area contributed by atoms with E-state index < -0.39 is 0 Å². The van der Waals surface area contributed by atoms with Gasteiger partial charge in [0.25, 0.3) is 0 Å². The van der Waals surface area contributed by atoms with Crippen LogP contribution in [0.3, 0.4) is 0 Å². The maximum absolute atomic E-state index is 5.26. The topological polar surface area (TPSA) is 35.2 Å². The number of ether oxygens (including phenoxy) is 1. The van der Waals surface area contributed by atoms with Crippen LogP contribution in [0.4, 0.5) is 0 Å². The van der Waals surface area contributed by atoms with Crippen LogP contribution in [-0.2, 0) is 11.2 Å². The molecule has 0 saturated carbocycles. The minimum absolute atomic E-state index is 0.206. The standard InChI is InChI=1S/C10H15NO/c1-9(12-8-11)7-10-5-3-2-4-6-10/h2-6,9H,7-8,11H2,1H3/t9-/m0/s1. The second-order valence-electron chi connectivity index (χ2n) is 2.83. The maximum Gasteiger partial charge on any atom is 0.0944 e. The largest absolute Gasteiger partial charge is 0.363 e. The van der Waals surface area contributed by atoms with Crippen LogP contribution in [0.2, 0.25) is 0 Å². The van der Waals surface area contributed by atoms with Crippen LogP contribution < -0.4 is 5.73 Å². The van der Waals surface area contributed by atoms with E-state index in [2.05, 4.69) is 12.1 Å². The molecule has 0 saturated heterocycles. The van der Waals surface area contributed by atoms with E-state index in [0.29, 0.717) is 6.73 Å². The molecule has 0 heterocycles. The SMILES string of the molecule is C[C@@H](Cc1ccccc1)OCN. The lowest BCUT2D eigenvalue weighted by atomic mass is 10.1. The first-order valence-electron chi connectivity index (χ1n) is 4.18. The quantitative estimate of drug-likeness (QED) is 0.687. The summed E-state index contributed by atoms with van der Waals surface area (Å²) in [5, 5.41) is 0. The van der Waals surface area contributed by atoms with Crippen molar-refractivity contribution in [2.45, 2.75) is 19.4 Å². The molecule has 1 rings (SSSR count). The Morgan fingerprint density at radius 3 is 2.58 bits per heavy atom. The summed E-state index contributed by atoms with van der Waals surface area (Å²) >= 11 is 0. The Bertz CT molecular complexity index is 210. The molecule has 2 nitrogen and oxygen atoms in total. The van der Waals surface area contributed by atoms with E-state index in [4.69, 9.17) is 10.5 Å². The van der Waals surface area contributed by atoms with Gasteiger partial charge in [0, 0.05) is 0 Å². The van der Waals surface area contributed by atoms with Crippen LogP contribution in [0, 0.1) is 0 Å². The number of hydrogen-bond acceptors (Lipinski definition) is 2. The molecule has 0 bridgehead atoms. The third-order valence-electron chi connectivity index (χ3n) is 1.75. The molecular formula is C10H15NO. The van der Waals surface area contributed by atoms with Crippen molar-refractivity contribution in [1.29, 1.82) is 0 Å². The van der Waals surface area contributed by atoms with Gasteiger partial charge in [-0.3, -0.25) is 0 Å². The monoisotopic (exact) mass is 165 g/mol. The first kappa shape index (κ1) is 9.23. The van der Waals surface area contributed by atoms with Crippen LogP contribution >= 0.6 is 0 Å². The van der Waals surface area contributed by atoms with Crippen molar-refractivity contribution in [2.24, 2.45) is 5.73 Å². The molecule has 12 heavy (non-hydrogen) atoms. The number of hydrogen-bond donors (Lipinski definition) is 1. The van der Waals surface area contributed by atoms with Gasteiger partial charge in [0.2, 0.25) is 0 Å². The van der Waals surface area contributed by atoms with Crippen molar-refractivity contribution in [3.8, 4) is 0 Å². The highest BCUT2D eigenvalue weighted by atomic mass is 16.5. The highest BCUT2D eigenvalue weighted by molar-refractivity contribution is 5.15. The molecule has 0 fully saturated rings. The van der Waals surface area contributed by atoms with E-state index in [1.807, 2.05) is 25.1 Å². The fraction of sp³-hybridized carbons (Fsp3) is 0.400. The van der Waals surface area contributed by atoms with Crippen LogP contribution in [-0.4, -0.2) is 12.8 Å². The summed E-state index contributed by atoms with van der Waals surface area (Å²) in [5.74, 6) is 0. The molecule has 0 aliphatic heterocycles. The van der Waals surface area contributed by atoms with Crippen LogP contribution in [0.25, 0.3) is 0 Å². The summed E-state index contributed by atoms with van der Waals surface area (Å²) in [6, 6.07) is 10.3. The van der Waals surface area contributed by atoms with E-state index in [1.165, 1.54) is 5.56 Å². The van der Waals surface area contributed by atoms with Gasteiger partial charge < -0.3 is 10.5 Å². The molecule has 0 spiro atoms. The average molecular weight is 165 g/mol. The van der Waals surface area contributed by atoms with E-state index >= 15 is 0 Å². The predicted octanol–water partition coefficient (Wildman–Crippen LogP) is 1.55. The van der Waals surface area contributed by atoms with Gasteiger partial charge in [-0.25, -0.2) is 0 Å². The molecule has 0 aliphatic rings. The van der Waals surface area contributed by atoms with E-state index in [0.717, 1.165) is 6.42 Å². The smallest absolute Gasteiger partial charge is 0.0944 e. The molecule has 1 aromatic carbocycles. The van der Waals surface area contributed by atoms with Gasteiger partial charge in [0.05, 0.1) is 12.8 Å². The van der Waals surface area contributed by atoms with Crippen molar-refractivity contribution in [3.05, 3.63) is 35.9 Å². The van der Waals surface area contributed by atoms with Crippen LogP contribution in [0.1, 0.15) is 12.5 Å². The Hall–Kier alpha value is -0.860. The summed E-state index contributed by atoms with van der Waals surface area (Å²) in [6.45, 7) is 2.33. The molecule has 0 radical (unpaired) electrons. The minimum Gasteiger partial charge on any atom is -0.363 e. The van der Waals surface area contributed by atoms with E-state index in [9.17, 15) is 0 Å². The summed E-state index contributed by atoms with van der Waals surface area (Å²) in [6.07, 6.45) is 1.13. The number of nitrogens with two attached hydrogens (primary N) is 1. The molecule has 0 aliphatic carbocycles. The van der Waals surface area contributed by atoms with Gasteiger partial charge in [-0.1, -0.05) is 30.3 Å². The molecule has 0 unspecified atom stereocenters. The molecule has 0 amide bonds. The van der Waals surface area contributed by atoms with Crippen LogP contribution in [0.5, 0.6) is 0 Å². The zero-order chi connectivity index (χ0) is 8.81. The Morgan fingerprint density at radius 1 is 1.33 bits per heavy atom. The first-order chi connectivity index (χ1) is 5.83. The Balaban J connectivity index is 2.41. The highest BCUT2D eigenvalue weighted by Crippen LogP contribution is 2.04. The Morgan fingerprint density at radius 2 is 2.00 bits per heavy atom. The lowest BCUT2D eigenvalue weighted by Gasteiger charge is -2.10. The minimum atomic E-state index is 0.206. The van der Waals surface area contributed by atoms with Gasteiger partial charge in [-0.2, -0.15) is 0 Å². The predicted molar refractivity (Wildman–Crippen MR) is 49.7 cm³/mol. The molecular weight excluding hydrogens is 150 g/mol. The maximum atomic E-state index is 5.26. The number of benzene rings is 1. The number of rotatable bonds is 4. The first-order valence-corrected chi connectivity index (χ1v) is 4.18. The van der Waals surface area contributed by atoms with Gasteiger partial charge >= 0.3 is 0 Å². The average Bonchev–Trinajstić information content (AvgIpc) is 2.06. The molecule has 2 heteroatoms. The van der Waals surface area contributed by atoms with Crippen molar-refractivity contribution < 1.29 is 4.74 Å². The van der Waals surface area contributed by atoms with Crippen LogP contribution in [0.15, 0.2) is 30.3 Å². The Kier molecular flexibility index (Phi) is 3.77. The second-order valence-corrected chi connectivity index (χ2v) is 2.83. The molecule has 2 N–H and O–H groups in total. The van der Waals surface area contributed by atoms with Crippen molar-refractivity contribution in [1.82, 2.24) is 0 Å². The summed E-state index contributed by atoms with van der Waals surface area (Å²) in [7, 11) is 0. The van der Waals surface area contributed by atoms with Gasteiger partial charge in [-0.05, 0) is 18.9 Å². The molecule has 66 valence electrons. The van der Waals surface area contributed by atoms with Crippen molar-refractivity contribution >= 4 is 0 Å². The van der Waals surface area contributed by atoms with E-state index in [-0.39, 0.29) is 6.10 Å². The third kappa shape index (κ3) is 3.03. The summed E-state index contributed by atoms with van der Waals surface area (Å²) < 4.78 is 5.22. The van der Waals surface area contributed by atoms with Gasteiger partial charge in [-0.15, -0.1) is 0 Å². The highest BCUT2D eigenvalue weighted by Gasteiger charge is 2.01. The third-order valence-corrected chi connectivity index (χ3v) is 1.75. The molecule has 0 aromatic heterocycles. The van der Waals surface area contributed by atoms with Crippen molar-refractivity contribution in [3.63, 3.8) is 0 Å². The van der Waals surface area contributed by atoms with Gasteiger partial charge in [0.1, 0.15) is 0 Å². The zero-order valence-electron chi connectivity index (χ0n) is 7.36. The Labute approximate surface area is 73.3 Å². The van der Waals surface area contributed by atoms with E-state index in [1.54, 1.807) is 0 Å². The fourth-order valence-corrected chi connectivity index (χ4v) is 1.17. The zero-order valence-corrected chi connectivity index (χ0v) is 7.36. The molecule has 1 aromatic rings. The lowest BCUT2D eigenvalue weighted by Crippen LogP contribution is -2.16. The summed E-state index contributed by atoms with van der Waals surface area (Å²) in [5.41, 5.74) is 6.55. The normalized spacial score (nSPS) is 12.8. The van der Waals surface area contributed by atoms with Gasteiger partial charge in [0.15, 0.2) is 0 Å². The fourth-order valence-electron chi connectivity index (χ4n) is 1.17.